The number of rotatable bonds is 5. The third-order valence-electron chi connectivity index (χ3n) is 6.06. The predicted molar refractivity (Wildman–Crippen MR) is 107 cm³/mol. The summed E-state index contributed by atoms with van der Waals surface area (Å²) in [6.07, 6.45) is 3.99. The Balaban J connectivity index is 1.24. The first-order valence-corrected chi connectivity index (χ1v) is 10.6. The number of hydrogen-bond donors (Lipinski definition) is 1. The van der Waals surface area contributed by atoms with Gasteiger partial charge in [0, 0.05) is 56.1 Å². The van der Waals surface area contributed by atoms with Gasteiger partial charge in [-0.25, -0.2) is 0 Å². The number of hydrogen-bond acceptors (Lipinski definition) is 4. The van der Waals surface area contributed by atoms with Crippen molar-refractivity contribution in [1.82, 2.24) is 15.1 Å². The highest BCUT2D eigenvalue weighted by Gasteiger charge is 2.38. The standard InChI is InChI=1S/C21H28ClN3O3/c22-16-6-4-15(5-7-16)19-13-25-12-17(11-18(25)14-28-19)23-20(26)8-10-24-9-2-1-3-21(24)27/h4-7,17-19H,1-3,8-14H2,(H,23,26)/t17-,18-,19+/m0/s1. The van der Waals surface area contributed by atoms with E-state index in [0.29, 0.717) is 32.0 Å². The number of nitrogens with zero attached hydrogens (tertiary/aromatic N) is 2. The molecule has 2 amide bonds. The summed E-state index contributed by atoms with van der Waals surface area (Å²) in [5, 5.41) is 3.89. The van der Waals surface area contributed by atoms with Gasteiger partial charge in [-0.1, -0.05) is 23.7 Å². The quantitative estimate of drug-likeness (QED) is 0.817. The van der Waals surface area contributed by atoms with Crippen LogP contribution in [-0.2, 0) is 14.3 Å². The SMILES string of the molecule is O=C(CCN1CCCCC1=O)N[C@H]1C[C@H]2CO[C@@H](c3ccc(Cl)cc3)CN2C1. The maximum atomic E-state index is 12.4. The van der Waals surface area contributed by atoms with Gasteiger partial charge in [0.05, 0.1) is 12.7 Å². The number of ether oxygens (including phenoxy) is 1. The zero-order valence-electron chi connectivity index (χ0n) is 16.1. The van der Waals surface area contributed by atoms with E-state index in [2.05, 4.69) is 10.2 Å². The minimum Gasteiger partial charge on any atom is -0.371 e. The second kappa shape index (κ2) is 8.80. The Bertz CT molecular complexity index is 711. The van der Waals surface area contributed by atoms with Gasteiger partial charge in [0.25, 0.3) is 0 Å². The minimum atomic E-state index is 0.0402. The summed E-state index contributed by atoms with van der Waals surface area (Å²) < 4.78 is 6.07. The topological polar surface area (TPSA) is 61.9 Å². The van der Waals surface area contributed by atoms with E-state index in [1.165, 1.54) is 0 Å². The normalized spacial score (nSPS) is 28.2. The van der Waals surface area contributed by atoms with Gasteiger partial charge in [0.2, 0.25) is 11.8 Å². The molecule has 4 rings (SSSR count). The lowest BCUT2D eigenvalue weighted by molar-refractivity contribution is -0.133. The number of piperidine rings is 1. The summed E-state index contributed by atoms with van der Waals surface area (Å²) in [6, 6.07) is 8.34. The van der Waals surface area contributed by atoms with Gasteiger partial charge in [-0.2, -0.15) is 0 Å². The van der Waals surface area contributed by atoms with Crippen LogP contribution >= 0.6 is 11.6 Å². The van der Waals surface area contributed by atoms with Crippen LogP contribution in [0.2, 0.25) is 5.02 Å². The molecule has 7 heteroatoms. The number of benzene rings is 1. The van der Waals surface area contributed by atoms with Crippen molar-refractivity contribution in [3.63, 3.8) is 0 Å². The monoisotopic (exact) mass is 405 g/mol. The van der Waals surface area contributed by atoms with Crippen LogP contribution < -0.4 is 5.32 Å². The average molecular weight is 406 g/mol. The largest absolute Gasteiger partial charge is 0.371 e. The molecule has 3 atom stereocenters. The molecule has 3 saturated heterocycles. The fourth-order valence-electron chi connectivity index (χ4n) is 4.49. The number of amides is 2. The molecule has 0 radical (unpaired) electrons. The molecular formula is C21H28ClN3O3. The van der Waals surface area contributed by atoms with Crippen LogP contribution in [0.15, 0.2) is 24.3 Å². The fraction of sp³-hybridized carbons (Fsp3) is 0.619. The van der Waals surface area contributed by atoms with Gasteiger partial charge >= 0.3 is 0 Å². The Morgan fingerprint density at radius 3 is 2.82 bits per heavy atom. The van der Waals surface area contributed by atoms with E-state index in [1.54, 1.807) is 0 Å². The third-order valence-corrected chi connectivity index (χ3v) is 6.31. The molecule has 0 bridgehead atoms. The van der Waals surface area contributed by atoms with Gasteiger partial charge in [0.15, 0.2) is 0 Å². The van der Waals surface area contributed by atoms with E-state index in [-0.39, 0.29) is 24.0 Å². The molecule has 6 nitrogen and oxygen atoms in total. The summed E-state index contributed by atoms with van der Waals surface area (Å²) >= 11 is 5.98. The maximum Gasteiger partial charge on any atom is 0.222 e. The Labute approximate surface area is 171 Å². The number of carbonyl (C=O) groups excluding carboxylic acids is 2. The van der Waals surface area contributed by atoms with Crippen LogP contribution in [0.3, 0.4) is 0 Å². The molecule has 3 fully saturated rings. The lowest BCUT2D eigenvalue weighted by Crippen LogP contribution is -2.43. The molecule has 1 N–H and O–H groups in total. The van der Waals surface area contributed by atoms with Crippen molar-refractivity contribution in [3.8, 4) is 0 Å². The second-order valence-electron chi connectivity index (χ2n) is 8.07. The molecule has 0 unspecified atom stereocenters. The first kappa shape index (κ1) is 19.7. The van der Waals surface area contributed by atoms with Crippen molar-refractivity contribution >= 4 is 23.4 Å². The molecule has 0 spiro atoms. The highest BCUT2D eigenvalue weighted by atomic mass is 35.5. The van der Waals surface area contributed by atoms with E-state index in [9.17, 15) is 9.59 Å². The van der Waals surface area contributed by atoms with Crippen molar-refractivity contribution in [2.24, 2.45) is 0 Å². The van der Waals surface area contributed by atoms with E-state index >= 15 is 0 Å². The summed E-state index contributed by atoms with van der Waals surface area (Å²) in [7, 11) is 0. The smallest absolute Gasteiger partial charge is 0.222 e. The van der Waals surface area contributed by atoms with Crippen molar-refractivity contribution in [1.29, 1.82) is 0 Å². The summed E-state index contributed by atoms with van der Waals surface area (Å²) in [5.74, 6) is 0.223. The number of carbonyl (C=O) groups is 2. The van der Waals surface area contributed by atoms with E-state index in [1.807, 2.05) is 29.2 Å². The first-order valence-electron chi connectivity index (χ1n) is 10.3. The van der Waals surface area contributed by atoms with Crippen molar-refractivity contribution in [2.45, 2.75) is 50.3 Å². The number of fused-ring (bicyclic) bond motifs is 1. The predicted octanol–water partition coefficient (Wildman–Crippen LogP) is 2.37. The molecule has 28 heavy (non-hydrogen) atoms. The zero-order valence-corrected chi connectivity index (χ0v) is 16.9. The number of nitrogens with one attached hydrogen (secondary N) is 1. The molecule has 0 aromatic heterocycles. The number of likely N-dealkylation sites (tertiary alicyclic amines) is 1. The molecule has 152 valence electrons. The molecule has 0 saturated carbocycles. The number of morpholine rings is 1. The Morgan fingerprint density at radius 2 is 2.04 bits per heavy atom. The minimum absolute atomic E-state index is 0.0402. The Hall–Kier alpha value is -1.63. The van der Waals surface area contributed by atoms with Gasteiger partial charge in [-0.05, 0) is 37.0 Å². The van der Waals surface area contributed by atoms with Crippen LogP contribution in [0.1, 0.15) is 43.8 Å². The molecular weight excluding hydrogens is 378 g/mol. The number of halogens is 1. The van der Waals surface area contributed by atoms with Crippen molar-refractivity contribution in [2.75, 3.05) is 32.8 Å². The summed E-state index contributed by atoms with van der Waals surface area (Å²) in [4.78, 5) is 28.5. The average Bonchev–Trinajstić information content (AvgIpc) is 3.09. The molecule has 3 aliphatic heterocycles. The second-order valence-corrected chi connectivity index (χ2v) is 8.51. The van der Waals surface area contributed by atoms with Crippen LogP contribution in [0.5, 0.6) is 0 Å². The molecule has 3 heterocycles. The highest BCUT2D eigenvalue weighted by molar-refractivity contribution is 6.30. The fourth-order valence-corrected chi connectivity index (χ4v) is 4.62. The summed E-state index contributed by atoms with van der Waals surface area (Å²) in [6.45, 7) is 3.69. The van der Waals surface area contributed by atoms with Crippen LogP contribution in [-0.4, -0.2) is 66.5 Å². The van der Waals surface area contributed by atoms with Crippen molar-refractivity contribution < 1.29 is 14.3 Å². The summed E-state index contributed by atoms with van der Waals surface area (Å²) in [5.41, 5.74) is 1.14. The lowest BCUT2D eigenvalue weighted by atomic mass is 10.1. The zero-order chi connectivity index (χ0) is 19.5. The molecule has 0 aliphatic carbocycles. The van der Waals surface area contributed by atoms with Gasteiger partial charge in [-0.15, -0.1) is 0 Å². The Morgan fingerprint density at radius 1 is 1.21 bits per heavy atom. The van der Waals surface area contributed by atoms with Gasteiger partial charge in [0.1, 0.15) is 0 Å². The van der Waals surface area contributed by atoms with Gasteiger partial charge in [-0.3, -0.25) is 14.5 Å². The van der Waals surface area contributed by atoms with Crippen LogP contribution in [0, 0.1) is 0 Å². The lowest BCUT2D eigenvalue weighted by Gasteiger charge is -2.35. The van der Waals surface area contributed by atoms with Crippen LogP contribution in [0.4, 0.5) is 0 Å². The molecule has 1 aromatic carbocycles. The van der Waals surface area contributed by atoms with Gasteiger partial charge < -0.3 is 15.0 Å². The van der Waals surface area contributed by atoms with E-state index in [0.717, 1.165) is 49.5 Å². The van der Waals surface area contributed by atoms with Crippen molar-refractivity contribution in [3.05, 3.63) is 34.9 Å². The van der Waals surface area contributed by atoms with Crippen LogP contribution in [0.25, 0.3) is 0 Å². The van der Waals surface area contributed by atoms with E-state index in [4.69, 9.17) is 16.3 Å². The maximum absolute atomic E-state index is 12.4. The molecule has 3 aliphatic rings. The first-order chi connectivity index (χ1) is 13.6. The third kappa shape index (κ3) is 4.67. The Kier molecular flexibility index (Phi) is 6.19. The van der Waals surface area contributed by atoms with E-state index < -0.39 is 0 Å². The molecule has 1 aromatic rings. The highest BCUT2D eigenvalue weighted by Crippen LogP contribution is 2.30.